The van der Waals surface area contributed by atoms with Gasteiger partial charge in [0.25, 0.3) is 0 Å². The van der Waals surface area contributed by atoms with Gasteiger partial charge in [-0.3, -0.25) is 9.05 Å². The molecular weight excluding hydrogens is 776 g/mol. The molecule has 2 aliphatic heterocycles. The predicted octanol–water partition coefficient (Wildman–Crippen LogP) is 10.2. The highest BCUT2D eigenvalue weighted by atomic mass is 31.2. The number of unbranched alkanes of at least 4 members (excludes halogenated alkanes) is 16. The van der Waals surface area contributed by atoms with Crippen LogP contribution in [0.2, 0.25) is 0 Å². The number of anilines is 1. The Bertz CT molecular complexity index is 1860. The zero-order valence-corrected chi connectivity index (χ0v) is 36.6. The number of rotatable bonds is 28. The molecule has 0 aliphatic carbocycles. The van der Waals surface area contributed by atoms with E-state index < -0.39 is 42.8 Å². The van der Waals surface area contributed by atoms with Gasteiger partial charge in [-0.2, -0.15) is 10.4 Å². The minimum absolute atomic E-state index is 0.00377. The molecule has 3 aromatic rings. The first-order valence-electron chi connectivity index (χ1n) is 21.8. The highest BCUT2D eigenvalue weighted by Gasteiger charge is 2.68. The summed E-state index contributed by atoms with van der Waals surface area (Å²) in [4.78, 5) is 15.0. The van der Waals surface area contributed by atoms with Gasteiger partial charge in [0.2, 0.25) is 0 Å². The van der Waals surface area contributed by atoms with Gasteiger partial charge < -0.3 is 29.6 Å². The number of ether oxygens (including phenoxy) is 4. The van der Waals surface area contributed by atoms with Gasteiger partial charge in [-0.15, -0.1) is 0 Å². The van der Waals surface area contributed by atoms with Crippen LogP contribution in [0.3, 0.4) is 0 Å². The van der Waals surface area contributed by atoms with Crippen LogP contribution >= 0.6 is 7.82 Å². The SMILES string of the molecule is CCCCCCCCCCCCCCCCCCC[C@@H](COP(=O)(O)OC[C@@]1(C)OC[C@@]2(c3ccc4c(N)ncnn34)OC(C)(C)O[C@H]12)OCc1cc(F)cc(C#N)c1. The number of phosphoric acid groups is 1. The number of aromatic nitrogens is 3. The molecular formula is C44H67FN5O8P. The molecule has 0 spiro atoms. The van der Waals surface area contributed by atoms with Gasteiger partial charge in [-0.05, 0) is 63.1 Å². The van der Waals surface area contributed by atoms with E-state index in [0.29, 0.717) is 29.0 Å². The lowest BCUT2D eigenvalue weighted by Gasteiger charge is -2.31. The minimum Gasteiger partial charge on any atom is -0.382 e. The van der Waals surface area contributed by atoms with Crippen LogP contribution in [-0.2, 0) is 44.8 Å². The van der Waals surface area contributed by atoms with E-state index in [2.05, 4.69) is 17.0 Å². The second-order valence-electron chi connectivity index (χ2n) is 17.0. The summed E-state index contributed by atoms with van der Waals surface area (Å²) in [5.74, 6) is -1.26. The van der Waals surface area contributed by atoms with Crippen LogP contribution in [0.25, 0.3) is 5.52 Å². The number of hydrogen-bond acceptors (Lipinski definition) is 11. The molecule has 2 saturated heterocycles. The van der Waals surface area contributed by atoms with Crippen molar-refractivity contribution in [3.05, 3.63) is 59.3 Å². The molecule has 4 heterocycles. The second kappa shape index (κ2) is 22.2. The van der Waals surface area contributed by atoms with Crippen molar-refractivity contribution < 1.29 is 41.8 Å². The lowest BCUT2D eigenvalue weighted by molar-refractivity contribution is -0.208. The molecule has 5 rings (SSSR count). The maximum absolute atomic E-state index is 14.2. The van der Waals surface area contributed by atoms with Crippen molar-refractivity contribution in [1.82, 2.24) is 14.6 Å². The summed E-state index contributed by atoms with van der Waals surface area (Å²) >= 11 is 0. The Labute approximate surface area is 350 Å². The number of benzene rings is 1. The smallest absolute Gasteiger partial charge is 0.382 e. The third-order valence-electron chi connectivity index (χ3n) is 11.5. The summed E-state index contributed by atoms with van der Waals surface area (Å²) < 4.78 is 65.6. The summed E-state index contributed by atoms with van der Waals surface area (Å²) in [6.07, 6.45) is 22.0. The summed E-state index contributed by atoms with van der Waals surface area (Å²) in [6, 6.07) is 9.62. The van der Waals surface area contributed by atoms with E-state index in [-0.39, 0.29) is 32.0 Å². The normalized spacial score (nSPS) is 22.7. The first-order valence-corrected chi connectivity index (χ1v) is 23.3. The van der Waals surface area contributed by atoms with Crippen molar-refractivity contribution in [2.75, 3.05) is 25.6 Å². The van der Waals surface area contributed by atoms with Gasteiger partial charge in [-0.1, -0.05) is 116 Å². The van der Waals surface area contributed by atoms with Crippen LogP contribution < -0.4 is 5.73 Å². The number of fused-ring (bicyclic) bond motifs is 2. The van der Waals surface area contributed by atoms with Crippen molar-refractivity contribution in [1.29, 1.82) is 5.26 Å². The monoisotopic (exact) mass is 843 g/mol. The van der Waals surface area contributed by atoms with E-state index in [4.69, 9.17) is 33.7 Å². The molecule has 1 unspecified atom stereocenters. The molecule has 59 heavy (non-hydrogen) atoms. The Hall–Kier alpha value is -2.99. The molecule has 2 fully saturated rings. The Morgan fingerprint density at radius 3 is 2.22 bits per heavy atom. The van der Waals surface area contributed by atoms with E-state index >= 15 is 0 Å². The van der Waals surface area contributed by atoms with Crippen LogP contribution in [0.15, 0.2) is 36.7 Å². The number of nitrogens with zero attached hydrogens (tertiary/aromatic N) is 4. The van der Waals surface area contributed by atoms with Gasteiger partial charge in [0, 0.05) is 0 Å². The minimum atomic E-state index is -4.63. The average molecular weight is 844 g/mol. The zero-order chi connectivity index (χ0) is 42.4. The molecule has 13 nitrogen and oxygen atoms in total. The molecule has 3 N–H and O–H groups in total. The number of nitrogen functional groups attached to an aromatic ring is 1. The first kappa shape index (κ1) is 47.1. The van der Waals surface area contributed by atoms with E-state index in [1.807, 2.05) is 12.1 Å². The molecule has 1 aromatic carbocycles. The number of hydrogen-bond donors (Lipinski definition) is 2. The van der Waals surface area contributed by atoms with Crippen molar-refractivity contribution in [2.24, 2.45) is 0 Å². The molecule has 2 aliphatic rings. The largest absolute Gasteiger partial charge is 0.472 e. The standard InChI is InChI=1S/C44H67FN5O8P/c1-5-6-7-8-9-10-11-12-13-14-15-16-17-18-19-20-21-22-37(53-29-35-25-34(28-46)26-36(45)27-35)30-55-59(51,52)56-31-43(4)41-44(32-54-43,58-42(2,3)57-41)39-24-23-38-40(47)48-33-49-50(38)39/h23-27,33,37,41H,5-22,29-32H2,1-4H3,(H,51,52)(H2,47,48,49)/t37-,41+,43+,44-/m0/s1. The average Bonchev–Trinajstić information content (AvgIpc) is 3.85. The Morgan fingerprint density at radius 2 is 1.59 bits per heavy atom. The van der Waals surface area contributed by atoms with Crippen molar-refractivity contribution >= 4 is 19.2 Å². The third kappa shape index (κ3) is 13.5. The van der Waals surface area contributed by atoms with Crippen LogP contribution in [0, 0.1) is 17.1 Å². The van der Waals surface area contributed by atoms with E-state index in [1.54, 1.807) is 37.4 Å². The first-order chi connectivity index (χ1) is 28.3. The number of nitriles is 1. The molecule has 2 aromatic heterocycles. The number of halogens is 1. The van der Waals surface area contributed by atoms with E-state index in [9.17, 15) is 19.1 Å². The van der Waals surface area contributed by atoms with Crippen LogP contribution in [0.4, 0.5) is 10.2 Å². The van der Waals surface area contributed by atoms with Crippen molar-refractivity contribution in [2.45, 2.75) is 179 Å². The summed E-state index contributed by atoms with van der Waals surface area (Å²) in [5, 5.41) is 13.7. The Balaban J connectivity index is 1.08. The maximum atomic E-state index is 14.2. The highest BCUT2D eigenvalue weighted by Crippen LogP contribution is 2.55. The van der Waals surface area contributed by atoms with Crippen molar-refractivity contribution in [3.8, 4) is 6.07 Å². The van der Waals surface area contributed by atoms with Crippen LogP contribution in [0.5, 0.6) is 0 Å². The van der Waals surface area contributed by atoms with Gasteiger partial charge >= 0.3 is 7.82 Å². The molecule has 0 saturated carbocycles. The third-order valence-corrected chi connectivity index (χ3v) is 12.4. The van der Waals surface area contributed by atoms with Crippen LogP contribution in [-0.4, -0.2) is 62.9 Å². The summed E-state index contributed by atoms with van der Waals surface area (Å²) in [7, 11) is -4.63. The fourth-order valence-corrected chi connectivity index (χ4v) is 9.21. The van der Waals surface area contributed by atoms with Gasteiger partial charge in [0.1, 0.15) is 29.4 Å². The molecule has 5 atom stereocenters. The van der Waals surface area contributed by atoms with Crippen LogP contribution in [0.1, 0.15) is 160 Å². The maximum Gasteiger partial charge on any atom is 0.472 e. The van der Waals surface area contributed by atoms with E-state index in [0.717, 1.165) is 31.7 Å². The number of phosphoric ester groups is 1. The molecule has 0 bridgehead atoms. The lowest BCUT2D eigenvalue weighted by atomic mass is 9.86. The molecule has 328 valence electrons. The summed E-state index contributed by atoms with van der Waals surface area (Å²) in [6.45, 7) is 7.05. The fraction of sp³-hybridized carbons (Fsp3) is 0.705. The fourth-order valence-electron chi connectivity index (χ4n) is 8.37. The lowest BCUT2D eigenvalue weighted by Crippen LogP contribution is -2.48. The Kier molecular flexibility index (Phi) is 17.7. The Morgan fingerprint density at radius 1 is 0.966 bits per heavy atom. The molecule has 15 heteroatoms. The molecule has 0 amide bonds. The van der Waals surface area contributed by atoms with Gasteiger partial charge in [0.05, 0.1) is 49.9 Å². The van der Waals surface area contributed by atoms with Crippen molar-refractivity contribution in [3.63, 3.8) is 0 Å². The quantitative estimate of drug-likeness (QED) is 0.0524. The zero-order valence-electron chi connectivity index (χ0n) is 35.7. The van der Waals surface area contributed by atoms with Gasteiger partial charge in [-0.25, -0.2) is 18.5 Å². The molecule has 0 radical (unpaired) electrons. The predicted molar refractivity (Wildman–Crippen MR) is 224 cm³/mol. The summed E-state index contributed by atoms with van der Waals surface area (Å²) in [5.41, 5.74) is 5.64. The number of nitrogens with two attached hydrogens (primary N) is 1. The topological polar surface area (TPSA) is 173 Å². The van der Waals surface area contributed by atoms with E-state index in [1.165, 1.54) is 95.9 Å². The second-order valence-corrected chi connectivity index (χ2v) is 18.5. The highest BCUT2D eigenvalue weighted by molar-refractivity contribution is 7.47. The van der Waals surface area contributed by atoms with Gasteiger partial charge in [0.15, 0.2) is 17.2 Å².